The van der Waals surface area contributed by atoms with E-state index in [9.17, 15) is 9.59 Å². The summed E-state index contributed by atoms with van der Waals surface area (Å²) in [6, 6.07) is -0.595. The second kappa shape index (κ2) is 6.03. The number of methoxy groups -OCH3 is 1. The maximum atomic E-state index is 11.9. The van der Waals surface area contributed by atoms with E-state index in [1.807, 2.05) is 0 Å². The maximum absolute atomic E-state index is 11.9. The molecule has 0 saturated heterocycles. The number of nitrogens with zero attached hydrogens (tertiary/aromatic N) is 1. The summed E-state index contributed by atoms with van der Waals surface area (Å²) in [5.74, 6) is -0.190. The highest BCUT2D eigenvalue weighted by Gasteiger charge is 2.24. The summed E-state index contributed by atoms with van der Waals surface area (Å²) in [6.07, 6.45) is 2.93. The lowest BCUT2D eigenvalue weighted by Gasteiger charge is -2.18. The Kier molecular flexibility index (Phi) is 4.68. The molecule has 0 bridgehead atoms. The van der Waals surface area contributed by atoms with Crippen LogP contribution in [-0.2, 0) is 16.0 Å². The van der Waals surface area contributed by atoms with Crippen LogP contribution in [0.25, 0.3) is 0 Å². The number of ether oxygens (including phenoxy) is 1. The van der Waals surface area contributed by atoms with Crippen LogP contribution in [0.3, 0.4) is 0 Å². The van der Waals surface area contributed by atoms with E-state index in [0.29, 0.717) is 6.42 Å². The number of rotatable bonds is 5. The predicted molar refractivity (Wildman–Crippen MR) is 61.5 cm³/mol. The van der Waals surface area contributed by atoms with Crippen molar-refractivity contribution >= 4 is 11.9 Å². The second-order valence-corrected chi connectivity index (χ2v) is 4.03. The van der Waals surface area contributed by atoms with Crippen molar-refractivity contribution in [1.82, 2.24) is 15.3 Å². The number of hydrogen-bond acceptors (Lipinski definition) is 4. The Labute approximate surface area is 99.8 Å². The number of imidazole rings is 1. The first-order valence-electron chi connectivity index (χ1n) is 5.40. The highest BCUT2D eigenvalue weighted by atomic mass is 16.5. The molecule has 0 unspecified atom stereocenters. The van der Waals surface area contributed by atoms with Crippen molar-refractivity contribution in [3.05, 3.63) is 18.2 Å². The zero-order valence-electron chi connectivity index (χ0n) is 10.2. The molecular formula is C11H17N3O3. The van der Waals surface area contributed by atoms with Gasteiger partial charge in [0.2, 0.25) is 0 Å². The van der Waals surface area contributed by atoms with Gasteiger partial charge in [-0.3, -0.25) is 4.79 Å². The fourth-order valence-corrected chi connectivity index (χ4v) is 1.44. The third-order valence-corrected chi connectivity index (χ3v) is 2.37. The molecule has 1 atom stereocenters. The number of amides is 1. The summed E-state index contributed by atoms with van der Waals surface area (Å²) in [7, 11) is 1.27. The quantitative estimate of drug-likeness (QED) is 0.799. The first-order chi connectivity index (χ1) is 8.04. The minimum Gasteiger partial charge on any atom is -0.453 e. The van der Waals surface area contributed by atoms with Gasteiger partial charge in [-0.15, -0.1) is 0 Å². The summed E-state index contributed by atoms with van der Waals surface area (Å²) >= 11 is 0. The fourth-order valence-electron chi connectivity index (χ4n) is 1.44. The highest BCUT2D eigenvalue weighted by molar-refractivity contribution is 5.88. The number of aromatic nitrogens is 2. The topological polar surface area (TPSA) is 84.1 Å². The summed E-state index contributed by atoms with van der Waals surface area (Å²) in [5.41, 5.74) is 0.792. The van der Waals surface area contributed by atoms with Crippen molar-refractivity contribution in [2.75, 3.05) is 7.11 Å². The van der Waals surface area contributed by atoms with Crippen LogP contribution in [0.4, 0.5) is 4.79 Å². The summed E-state index contributed by atoms with van der Waals surface area (Å²) in [5, 5.41) is 2.53. The molecule has 0 aromatic carbocycles. The largest absolute Gasteiger partial charge is 0.453 e. The van der Waals surface area contributed by atoms with Crippen molar-refractivity contribution in [2.45, 2.75) is 26.3 Å². The smallest absolute Gasteiger partial charge is 0.407 e. The Hall–Kier alpha value is -1.85. The SMILES string of the molecule is COC(=O)N[C@@H](Cc1cnc[nH]1)C(=O)C(C)C. The molecule has 0 aliphatic carbocycles. The van der Waals surface area contributed by atoms with Crippen molar-refractivity contribution < 1.29 is 14.3 Å². The van der Waals surface area contributed by atoms with Crippen molar-refractivity contribution in [1.29, 1.82) is 0 Å². The molecule has 0 aliphatic heterocycles. The van der Waals surface area contributed by atoms with E-state index in [1.165, 1.54) is 13.4 Å². The number of aromatic amines is 1. The van der Waals surface area contributed by atoms with E-state index < -0.39 is 12.1 Å². The van der Waals surface area contributed by atoms with Gasteiger partial charge in [-0.2, -0.15) is 0 Å². The lowest BCUT2D eigenvalue weighted by Crippen LogP contribution is -2.44. The maximum Gasteiger partial charge on any atom is 0.407 e. The zero-order valence-corrected chi connectivity index (χ0v) is 10.2. The molecule has 2 N–H and O–H groups in total. The number of carbonyl (C=O) groups is 2. The third-order valence-electron chi connectivity index (χ3n) is 2.37. The Bertz CT molecular complexity index is 373. The Balaban J connectivity index is 2.71. The summed E-state index contributed by atoms with van der Waals surface area (Å²) in [4.78, 5) is 29.8. The van der Waals surface area contributed by atoms with E-state index in [1.54, 1.807) is 20.0 Å². The van der Waals surface area contributed by atoms with Crippen LogP contribution in [0.1, 0.15) is 19.5 Å². The Morgan fingerprint density at radius 3 is 2.71 bits per heavy atom. The molecule has 0 radical (unpaired) electrons. The van der Waals surface area contributed by atoms with Gasteiger partial charge >= 0.3 is 6.09 Å². The number of alkyl carbamates (subject to hydrolysis) is 1. The molecule has 94 valence electrons. The van der Waals surface area contributed by atoms with Crippen molar-refractivity contribution in [3.8, 4) is 0 Å². The van der Waals surface area contributed by atoms with Gasteiger partial charge in [0.1, 0.15) is 0 Å². The molecule has 1 rings (SSSR count). The number of Topliss-reactive ketones (excluding diaryl/α,β-unsaturated/α-hetero) is 1. The van der Waals surface area contributed by atoms with Crippen molar-refractivity contribution in [2.24, 2.45) is 5.92 Å². The van der Waals surface area contributed by atoms with Gasteiger partial charge in [-0.05, 0) is 0 Å². The molecule has 6 nitrogen and oxygen atoms in total. The standard InChI is InChI=1S/C11H17N3O3/c1-7(2)10(15)9(14-11(16)17-3)4-8-5-12-6-13-8/h5-7,9H,4H2,1-3H3,(H,12,13)(H,14,16)/t9-/m0/s1. The average Bonchev–Trinajstić information content (AvgIpc) is 2.79. The minimum absolute atomic E-state index is 0.0370. The fraction of sp³-hybridized carbons (Fsp3) is 0.545. The number of ketones is 1. The number of carbonyl (C=O) groups excluding carboxylic acids is 2. The molecule has 17 heavy (non-hydrogen) atoms. The van der Waals surface area contributed by atoms with Gasteiger partial charge in [0, 0.05) is 24.2 Å². The monoisotopic (exact) mass is 239 g/mol. The minimum atomic E-state index is -0.608. The molecule has 0 fully saturated rings. The Morgan fingerprint density at radius 1 is 1.53 bits per heavy atom. The molecule has 1 aromatic rings. The first kappa shape index (κ1) is 13.2. The summed E-state index contributed by atoms with van der Waals surface area (Å²) < 4.78 is 4.50. The molecule has 6 heteroatoms. The van der Waals surface area contributed by atoms with Crippen molar-refractivity contribution in [3.63, 3.8) is 0 Å². The lowest BCUT2D eigenvalue weighted by atomic mass is 9.98. The molecular weight excluding hydrogens is 222 g/mol. The average molecular weight is 239 g/mol. The third kappa shape index (κ3) is 3.90. The summed E-state index contributed by atoms with van der Waals surface area (Å²) in [6.45, 7) is 3.59. The van der Waals surface area contributed by atoms with Crippen LogP contribution < -0.4 is 5.32 Å². The molecule has 0 spiro atoms. The predicted octanol–water partition coefficient (Wildman–Crippen LogP) is 0.902. The molecule has 1 amide bonds. The normalized spacial score (nSPS) is 12.2. The molecule has 0 aliphatic rings. The van der Waals surface area contributed by atoms with E-state index >= 15 is 0 Å². The van der Waals surface area contributed by atoms with E-state index in [0.717, 1.165) is 5.69 Å². The van der Waals surface area contributed by atoms with Crippen LogP contribution in [0.15, 0.2) is 12.5 Å². The number of H-pyrrole nitrogens is 1. The molecule has 1 aromatic heterocycles. The number of nitrogens with one attached hydrogen (secondary N) is 2. The van der Waals surface area contributed by atoms with Gasteiger partial charge < -0.3 is 15.0 Å². The van der Waals surface area contributed by atoms with E-state index in [-0.39, 0.29) is 11.7 Å². The first-order valence-corrected chi connectivity index (χ1v) is 5.40. The Morgan fingerprint density at radius 2 is 2.24 bits per heavy atom. The molecule has 1 heterocycles. The highest BCUT2D eigenvalue weighted by Crippen LogP contribution is 2.06. The van der Waals surface area contributed by atoms with E-state index in [2.05, 4.69) is 20.0 Å². The van der Waals surface area contributed by atoms with Crippen LogP contribution in [0.2, 0.25) is 0 Å². The van der Waals surface area contributed by atoms with E-state index in [4.69, 9.17) is 0 Å². The van der Waals surface area contributed by atoms with Crippen LogP contribution in [0.5, 0.6) is 0 Å². The van der Waals surface area contributed by atoms with Gasteiger partial charge in [0.15, 0.2) is 5.78 Å². The van der Waals surface area contributed by atoms with Crippen LogP contribution in [0, 0.1) is 5.92 Å². The van der Waals surface area contributed by atoms with Gasteiger partial charge in [0.25, 0.3) is 0 Å². The van der Waals surface area contributed by atoms with Crippen LogP contribution in [-0.4, -0.2) is 35.0 Å². The zero-order chi connectivity index (χ0) is 12.8. The van der Waals surface area contributed by atoms with Crippen LogP contribution >= 0.6 is 0 Å². The van der Waals surface area contributed by atoms with Gasteiger partial charge in [-0.1, -0.05) is 13.8 Å². The second-order valence-electron chi connectivity index (χ2n) is 4.03. The lowest BCUT2D eigenvalue weighted by molar-refractivity contribution is -0.123. The van der Waals surface area contributed by atoms with Gasteiger partial charge in [0.05, 0.1) is 19.5 Å². The number of hydrogen-bond donors (Lipinski definition) is 2. The molecule has 0 saturated carbocycles. The van der Waals surface area contributed by atoms with Gasteiger partial charge in [-0.25, -0.2) is 9.78 Å².